The molecule has 2 unspecified atom stereocenters. The Kier molecular flexibility index (Phi) is 3.26. The SMILES string of the molecule is CC(C)CC1NCC(=O)N1C1CCOC1. The summed E-state index contributed by atoms with van der Waals surface area (Å²) in [7, 11) is 0. The van der Waals surface area contributed by atoms with E-state index in [-0.39, 0.29) is 12.1 Å². The van der Waals surface area contributed by atoms with E-state index in [1.165, 1.54) is 0 Å². The van der Waals surface area contributed by atoms with Crippen LogP contribution in [0, 0.1) is 5.92 Å². The lowest BCUT2D eigenvalue weighted by atomic mass is 10.1. The van der Waals surface area contributed by atoms with E-state index in [1.807, 2.05) is 4.90 Å². The molecule has 0 aromatic carbocycles. The van der Waals surface area contributed by atoms with Crippen molar-refractivity contribution in [2.75, 3.05) is 19.8 Å². The maximum Gasteiger partial charge on any atom is 0.238 e. The predicted octanol–water partition coefficient (Wildman–Crippen LogP) is 0.579. The van der Waals surface area contributed by atoms with E-state index >= 15 is 0 Å². The number of hydrogen-bond acceptors (Lipinski definition) is 3. The Morgan fingerprint density at radius 3 is 3.00 bits per heavy atom. The lowest BCUT2D eigenvalue weighted by molar-refractivity contribution is -0.130. The number of amides is 1. The van der Waals surface area contributed by atoms with Crippen LogP contribution in [-0.2, 0) is 9.53 Å². The van der Waals surface area contributed by atoms with Gasteiger partial charge in [0.1, 0.15) is 0 Å². The van der Waals surface area contributed by atoms with Crippen molar-refractivity contribution in [2.45, 2.75) is 38.9 Å². The molecule has 4 heteroatoms. The van der Waals surface area contributed by atoms with Gasteiger partial charge < -0.3 is 9.64 Å². The highest BCUT2D eigenvalue weighted by atomic mass is 16.5. The largest absolute Gasteiger partial charge is 0.379 e. The van der Waals surface area contributed by atoms with Crippen LogP contribution in [0.3, 0.4) is 0 Å². The van der Waals surface area contributed by atoms with Crippen molar-refractivity contribution in [1.82, 2.24) is 10.2 Å². The molecule has 0 aromatic heterocycles. The summed E-state index contributed by atoms with van der Waals surface area (Å²) in [6.07, 6.45) is 2.24. The van der Waals surface area contributed by atoms with Crippen LogP contribution in [0.5, 0.6) is 0 Å². The van der Waals surface area contributed by atoms with E-state index in [9.17, 15) is 4.79 Å². The molecule has 1 amide bonds. The van der Waals surface area contributed by atoms with Gasteiger partial charge in [-0.15, -0.1) is 0 Å². The second-order valence-electron chi connectivity index (χ2n) is 4.84. The second kappa shape index (κ2) is 4.49. The van der Waals surface area contributed by atoms with Gasteiger partial charge in [-0.1, -0.05) is 13.8 Å². The molecule has 15 heavy (non-hydrogen) atoms. The summed E-state index contributed by atoms with van der Waals surface area (Å²) in [6.45, 7) is 6.38. The fraction of sp³-hybridized carbons (Fsp3) is 0.909. The molecule has 4 nitrogen and oxygen atoms in total. The number of rotatable bonds is 3. The Morgan fingerprint density at radius 1 is 1.60 bits per heavy atom. The maximum absolute atomic E-state index is 11.8. The van der Waals surface area contributed by atoms with Crippen molar-refractivity contribution in [3.05, 3.63) is 0 Å². The molecule has 0 saturated carbocycles. The smallest absolute Gasteiger partial charge is 0.238 e. The summed E-state index contributed by atoms with van der Waals surface area (Å²) >= 11 is 0. The van der Waals surface area contributed by atoms with Crippen LogP contribution < -0.4 is 5.32 Å². The zero-order chi connectivity index (χ0) is 10.8. The standard InChI is InChI=1S/C11H20N2O2/c1-8(2)5-10-12-6-11(14)13(10)9-3-4-15-7-9/h8-10,12H,3-7H2,1-2H3. The van der Waals surface area contributed by atoms with Gasteiger partial charge in [0.2, 0.25) is 5.91 Å². The first-order valence-electron chi connectivity index (χ1n) is 5.80. The van der Waals surface area contributed by atoms with Crippen LogP contribution >= 0.6 is 0 Å². The topological polar surface area (TPSA) is 41.6 Å². The summed E-state index contributed by atoms with van der Waals surface area (Å²) in [6, 6.07) is 0.302. The summed E-state index contributed by atoms with van der Waals surface area (Å²) in [5.74, 6) is 0.842. The Hall–Kier alpha value is -0.610. The molecule has 2 rings (SSSR count). The molecule has 0 spiro atoms. The summed E-state index contributed by atoms with van der Waals surface area (Å²) in [5.41, 5.74) is 0. The van der Waals surface area contributed by atoms with Crippen LogP contribution in [0.1, 0.15) is 26.7 Å². The highest BCUT2D eigenvalue weighted by Crippen LogP contribution is 2.21. The zero-order valence-electron chi connectivity index (χ0n) is 9.53. The predicted molar refractivity (Wildman–Crippen MR) is 57.3 cm³/mol. The highest BCUT2D eigenvalue weighted by Gasteiger charge is 2.37. The number of ether oxygens (including phenoxy) is 1. The van der Waals surface area contributed by atoms with Gasteiger partial charge >= 0.3 is 0 Å². The molecule has 2 heterocycles. The molecule has 2 aliphatic heterocycles. The van der Waals surface area contributed by atoms with Crippen LogP contribution in [0.4, 0.5) is 0 Å². The third-order valence-electron chi connectivity index (χ3n) is 3.11. The second-order valence-corrected chi connectivity index (χ2v) is 4.84. The van der Waals surface area contributed by atoms with E-state index < -0.39 is 0 Å². The fourth-order valence-corrected chi connectivity index (χ4v) is 2.41. The van der Waals surface area contributed by atoms with Crippen LogP contribution in [0.2, 0.25) is 0 Å². The quantitative estimate of drug-likeness (QED) is 0.744. The van der Waals surface area contributed by atoms with Gasteiger partial charge in [-0.3, -0.25) is 10.1 Å². The minimum absolute atomic E-state index is 0.226. The van der Waals surface area contributed by atoms with Crippen molar-refractivity contribution >= 4 is 5.91 Å². The van der Waals surface area contributed by atoms with Gasteiger partial charge in [-0.2, -0.15) is 0 Å². The molecular weight excluding hydrogens is 192 g/mol. The summed E-state index contributed by atoms with van der Waals surface area (Å²) in [5, 5.41) is 3.29. The monoisotopic (exact) mass is 212 g/mol. The van der Waals surface area contributed by atoms with E-state index in [4.69, 9.17) is 4.74 Å². The molecule has 0 bridgehead atoms. The fourth-order valence-electron chi connectivity index (χ4n) is 2.41. The van der Waals surface area contributed by atoms with E-state index in [0.29, 0.717) is 25.1 Å². The molecule has 86 valence electrons. The molecular formula is C11H20N2O2. The third-order valence-corrected chi connectivity index (χ3v) is 3.11. The first kappa shape index (κ1) is 10.9. The number of hydrogen-bond donors (Lipinski definition) is 1. The number of nitrogens with zero attached hydrogens (tertiary/aromatic N) is 1. The molecule has 2 fully saturated rings. The van der Waals surface area contributed by atoms with E-state index in [2.05, 4.69) is 19.2 Å². The molecule has 0 aromatic rings. The van der Waals surface area contributed by atoms with Crippen LogP contribution in [-0.4, -0.2) is 42.8 Å². The van der Waals surface area contributed by atoms with E-state index in [1.54, 1.807) is 0 Å². The van der Waals surface area contributed by atoms with E-state index in [0.717, 1.165) is 19.4 Å². The lowest BCUT2D eigenvalue weighted by Gasteiger charge is -2.30. The minimum Gasteiger partial charge on any atom is -0.379 e. The van der Waals surface area contributed by atoms with Gasteiger partial charge in [0.05, 0.1) is 25.4 Å². The molecule has 0 aliphatic carbocycles. The Labute approximate surface area is 91.0 Å². The third kappa shape index (κ3) is 2.32. The first-order valence-corrected chi connectivity index (χ1v) is 5.80. The highest BCUT2D eigenvalue weighted by molar-refractivity contribution is 5.81. The van der Waals surface area contributed by atoms with Crippen molar-refractivity contribution < 1.29 is 9.53 Å². The number of carbonyl (C=O) groups excluding carboxylic acids is 1. The van der Waals surface area contributed by atoms with Crippen LogP contribution in [0.25, 0.3) is 0 Å². The van der Waals surface area contributed by atoms with Gasteiger partial charge in [0.25, 0.3) is 0 Å². The van der Waals surface area contributed by atoms with Gasteiger partial charge in [-0.25, -0.2) is 0 Å². The van der Waals surface area contributed by atoms with Crippen molar-refractivity contribution in [3.63, 3.8) is 0 Å². The zero-order valence-corrected chi connectivity index (χ0v) is 9.53. The van der Waals surface area contributed by atoms with Crippen LogP contribution in [0.15, 0.2) is 0 Å². The average Bonchev–Trinajstić information content (AvgIpc) is 2.74. The summed E-state index contributed by atoms with van der Waals surface area (Å²) in [4.78, 5) is 13.8. The maximum atomic E-state index is 11.8. The Balaban J connectivity index is 2.00. The Bertz CT molecular complexity index is 237. The van der Waals surface area contributed by atoms with Crippen molar-refractivity contribution in [3.8, 4) is 0 Å². The summed E-state index contributed by atoms with van der Waals surface area (Å²) < 4.78 is 5.35. The molecule has 2 saturated heterocycles. The Morgan fingerprint density at radius 2 is 2.40 bits per heavy atom. The number of carbonyl (C=O) groups is 1. The molecule has 0 radical (unpaired) electrons. The molecule has 2 atom stereocenters. The molecule has 1 N–H and O–H groups in total. The first-order chi connectivity index (χ1) is 7.18. The molecule has 2 aliphatic rings. The van der Waals surface area contributed by atoms with Crippen molar-refractivity contribution in [2.24, 2.45) is 5.92 Å². The average molecular weight is 212 g/mol. The minimum atomic E-state index is 0.226. The normalized spacial score (nSPS) is 31.9. The lowest BCUT2D eigenvalue weighted by Crippen LogP contribution is -2.45. The van der Waals surface area contributed by atoms with Gasteiger partial charge in [0.15, 0.2) is 0 Å². The van der Waals surface area contributed by atoms with Gasteiger partial charge in [-0.05, 0) is 18.8 Å². The number of nitrogens with one attached hydrogen (secondary N) is 1. The van der Waals surface area contributed by atoms with Crippen molar-refractivity contribution in [1.29, 1.82) is 0 Å². The van der Waals surface area contributed by atoms with Gasteiger partial charge in [0, 0.05) is 6.61 Å².